The lowest BCUT2D eigenvalue weighted by Gasteiger charge is -2.26. The molecule has 180 valence electrons. The number of quaternary nitrogens is 1. The van der Waals surface area contributed by atoms with Gasteiger partial charge in [-0.15, -0.1) is 0 Å². The largest absolute Gasteiger partial charge is 0.472 e. The topological polar surface area (TPSA) is 105 Å². The number of aliphatic hydroxyl groups excluding tert-OH is 1. The van der Waals surface area contributed by atoms with Crippen LogP contribution in [0.5, 0.6) is 0 Å². The number of aliphatic hydroxyl groups is 1. The van der Waals surface area contributed by atoms with Crippen molar-refractivity contribution in [3.63, 3.8) is 0 Å². The van der Waals surface area contributed by atoms with Crippen molar-refractivity contribution in [2.45, 2.75) is 90.2 Å². The molecule has 0 aromatic carbocycles. The number of unbranched alkanes of at least 4 members (excludes halogenated alkanes) is 6. The highest BCUT2D eigenvalue weighted by Crippen LogP contribution is 2.43. The van der Waals surface area contributed by atoms with E-state index < -0.39 is 20.0 Å². The summed E-state index contributed by atoms with van der Waals surface area (Å²) in [6.45, 7) is 4.56. The molecule has 0 heterocycles. The first kappa shape index (κ1) is 29.5. The van der Waals surface area contributed by atoms with E-state index >= 15 is 0 Å². The van der Waals surface area contributed by atoms with Crippen LogP contribution in [-0.4, -0.2) is 73.4 Å². The molecule has 0 bridgehead atoms. The van der Waals surface area contributed by atoms with Crippen molar-refractivity contribution in [3.05, 3.63) is 0 Å². The summed E-state index contributed by atoms with van der Waals surface area (Å²) in [5.74, 6) is -0.180. The minimum atomic E-state index is -4.25. The van der Waals surface area contributed by atoms with Crippen LogP contribution in [0.2, 0.25) is 0 Å². The van der Waals surface area contributed by atoms with E-state index in [0.29, 0.717) is 23.9 Å². The quantitative estimate of drug-likeness (QED) is 0.157. The highest BCUT2D eigenvalue weighted by atomic mass is 31.2. The molecule has 1 unspecified atom stereocenters. The molecule has 0 aliphatic rings. The van der Waals surface area contributed by atoms with Crippen LogP contribution in [0.4, 0.5) is 0 Å². The molecule has 0 spiro atoms. The Morgan fingerprint density at radius 1 is 1.00 bits per heavy atom. The van der Waals surface area contributed by atoms with Gasteiger partial charge in [0.1, 0.15) is 13.2 Å². The third kappa shape index (κ3) is 17.2. The molecule has 0 fully saturated rings. The van der Waals surface area contributed by atoms with Gasteiger partial charge in [0.25, 0.3) is 0 Å². The van der Waals surface area contributed by atoms with E-state index in [0.717, 1.165) is 51.4 Å². The van der Waals surface area contributed by atoms with Gasteiger partial charge in [-0.05, 0) is 12.8 Å². The standard InChI is InChI=1S/C21H45N2O6P/c1-6-8-10-11-13-14-20(24)19(22-21(25)15-12-9-7-2)18-29-30(26,27)28-17-16-23(3,4)5/h19-20,24H,6-18H2,1-5H3,(H-,22,25,26,27)/p+1/t19-,20+/m0/s1. The normalized spacial score (nSPS) is 16.1. The van der Waals surface area contributed by atoms with E-state index in [2.05, 4.69) is 19.2 Å². The lowest BCUT2D eigenvalue weighted by Crippen LogP contribution is -2.46. The fourth-order valence-corrected chi connectivity index (χ4v) is 3.60. The first-order valence-corrected chi connectivity index (χ1v) is 12.9. The second-order valence-electron chi connectivity index (χ2n) is 9.01. The minimum Gasteiger partial charge on any atom is -0.391 e. The van der Waals surface area contributed by atoms with Gasteiger partial charge in [0, 0.05) is 6.42 Å². The number of likely N-dealkylation sites (N-methyl/N-ethyl adjacent to an activating group) is 1. The molecule has 0 aliphatic heterocycles. The second-order valence-corrected chi connectivity index (χ2v) is 10.5. The van der Waals surface area contributed by atoms with E-state index in [-0.39, 0.29) is 19.1 Å². The molecule has 0 aliphatic carbocycles. The minimum absolute atomic E-state index is 0.0747. The maximum absolute atomic E-state index is 12.2. The monoisotopic (exact) mass is 453 g/mol. The average molecular weight is 454 g/mol. The molecule has 0 rings (SSSR count). The molecule has 0 radical (unpaired) electrons. The van der Waals surface area contributed by atoms with Gasteiger partial charge in [0.2, 0.25) is 5.91 Å². The Hall–Kier alpha value is -0.500. The van der Waals surface area contributed by atoms with Crippen LogP contribution >= 0.6 is 7.82 Å². The molecule has 30 heavy (non-hydrogen) atoms. The molecule has 3 N–H and O–H groups in total. The summed E-state index contributed by atoms with van der Waals surface area (Å²) >= 11 is 0. The van der Waals surface area contributed by atoms with Gasteiger partial charge in [-0.2, -0.15) is 0 Å². The zero-order chi connectivity index (χ0) is 23.0. The van der Waals surface area contributed by atoms with E-state index in [1.807, 2.05) is 21.1 Å². The Labute approximate surface area is 183 Å². The smallest absolute Gasteiger partial charge is 0.391 e. The zero-order valence-corrected chi connectivity index (χ0v) is 20.7. The van der Waals surface area contributed by atoms with E-state index in [1.54, 1.807) is 0 Å². The van der Waals surface area contributed by atoms with Gasteiger partial charge in [0.15, 0.2) is 0 Å². The molecular weight excluding hydrogens is 407 g/mol. The number of rotatable bonds is 19. The van der Waals surface area contributed by atoms with Crippen LogP contribution < -0.4 is 5.32 Å². The summed E-state index contributed by atoms with van der Waals surface area (Å²) < 4.78 is 22.9. The van der Waals surface area contributed by atoms with E-state index in [1.165, 1.54) is 0 Å². The van der Waals surface area contributed by atoms with Crippen molar-refractivity contribution in [2.24, 2.45) is 0 Å². The summed E-state index contributed by atoms with van der Waals surface area (Å²) in [6.07, 6.45) is 8.04. The third-order valence-electron chi connectivity index (χ3n) is 4.86. The van der Waals surface area contributed by atoms with Gasteiger partial charge >= 0.3 is 7.82 Å². The number of phosphoric ester groups is 1. The van der Waals surface area contributed by atoms with Crippen LogP contribution in [0.25, 0.3) is 0 Å². The molecule has 0 saturated heterocycles. The number of carbonyl (C=O) groups excluding carboxylic acids is 1. The zero-order valence-electron chi connectivity index (χ0n) is 19.8. The Morgan fingerprint density at radius 3 is 2.20 bits per heavy atom. The molecule has 1 amide bonds. The Morgan fingerprint density at radius 2 is 1.60 bits per heavy atom. The van der Waals surface area contributed by atoms with Crippen molar-refractivity contribution < 1.29 is 32.9 Å². The first-order valence-electron chi connectivity index (χ1n) is 11.4. The average Bonchev–Trinajstić information content (AvgIpc) is 2.63. The van der Waals surface area contributed by atoms with Crippen LogP contribution in [0, 0.1) is 0 Å². The maximum atomic E-state index is 12.2. The fourth-order valence-electron chi connectivity index (χ4n) is 2.86. The summed E-state index contributed by atoms with van der Waals surface area (Å²) in [5.41, 5.74) is 0. The van der Waals surface area contributed by atoms with E-state index in [9.17, 15) is 19.4 Å². The number of hydrogen-bond acceptors (Lipinski definition) is 5. The number of nitrogens with one attached hydrogen (secondary N) is 1. The van der Waals surface area contributed by atoms with Crippen molar-refractivity contribution >= 4 is 13.7 Å². The van der Waals surface area contributed by atoms with Crippen LogP contribution in [0.3, 0.4) is 0 Å². The summed E-state index contributed by atoms with van der Waals surface area (Å²) in [7, 11) is 1.60. The number of amides is 1. The lowest BCUT2D eigenvalue weighted by atomic mass is 10.0. The molecular formula is C21H46N2O6P+. The lowest BCUT2D eigenvalue weighted by molar-refractivity contribution is -0.870. The Bertz CT molecular complexity index is 498. The van der Waals surface area contributed by atoms with Gasteiger partial charge in [-0.25, -0.2) is 4.57 Å². The van der Waals surface area contributed by atoms with Gasteiger partial charge in [-0.3, -0.25) is 13.8 Å². The van der Waals surface area contributed by atoms with Crippen molar-refractivity contribution in [3.8, 4) is 0 Å². The molecule has 3 atom stereocenters. The van der Waals surface area contributed by atoms with Gasteiger partial charge in [-0.1, -0.05) is 58.8 Å². The van der Waals surface area contributed by atoms with Crippen molar-refractivity contribution in [2.75, 3.05) is 40.9 Å². The van der Waals surface area contributed by atoms with Gasteiger partial charge < -0.3 is 19.8 Å². The highest BCUT2D eigenvalue weighted by Gasteiger charge is 2.28. The molecule has 0 saturated carbocycles. The second kappa shape index (κ2) is 16.2. The number of phosphoric acid groups is 1. The Balaban J connectivity index is 4.68. The maximum Gasteiger partial charge on any atom is 0.472 e. The van der Waals surface area contributed by atoms with Crippen LogP contribution in [-0.2, 0) is 18.4 Å². The van der Waals surface area contributed by atoms with Crippen LogP contribution in [0.1, 0.15) is 78.1 Å². The first-order chi connectivity index (χ1) is 14.0. The number of nitrogens with zero attached hydrogens (tertiary/aromatic N) is 1. The van der Waals surface area contributed by atoms with Gasteiger partial charge in [0.05, 0.1) is 39.9 Å². The predicted molar refractivity (Wildman–Crippen MR) is 120 cm³/mol. The van der Waals surface area contributed by atoms with Crippen LogP contribution in [0.15, 0.2) is 0 Å². The van der Waals surface area contributed by atoms with Crippen molar-refractivity contribution in [1.82, 2.24) is 5.32 Å². The summed E-state index contributed by atoms with van der Waals surface area (Å²) in [6, 6.07) is -0.743. The summed E-state index contributed by atoms with van der Waals surface area (Å²) in [4.78, 5) is 22.1. The van der Waals surface area contributed by atoms with E-state index in [4.69, 9.17) is 9.05 Å². The third-order valence-corrected chi connectivity index (χ3v) is 5.84. The molecule has 0 aromatic rings. The molecule has 8 nitrogen and oxygen atoms in total. The Kier molecular flexibility index (Phi) is 15.9. The predicted octanol–water partition coefficient (Wildman–Crippen LogP) is 3.61. The number of carbonyl (C=O) groups is 1. The SMILES string of the molecule is CCCCCCC[C@@H](O)[C@H](COP(=O)(O)OCC[N+](C)(C)C)NC(=O)CCCCC. The van der Waals surface area contributed by atoms with Crippen molar-refractivity contribution in [1.29, 1.82) is 0 Å². The highest BCUT2D eigenvalue weighted by molar-refractivity contribution is 7.47. The summed E-state index contributed by atoms with van der Waals surface area (Å²) in [5, 5.41) is 13.3. The molecule has 0 aromatic heterocycles. The number of hydrogen-bond donors (Lipinski definition) is 3. The fraction of sp³-hybridized carbons (Fsp3) is 0.952. The molecule has 9 heteroatoms.